The molecule has 0 aromatic carbocycles. The van der Waals surface area contributed by atoms with Crippen molar-refractivity contribution in [3.8, 4) is 0 Å². The van der Waals surface area contributed by atoms with Gasteiger partial charge in [0.25, 0.3) is 0 Å². The lowest BCUT2D eigenvalue weighted by Gasteiger charge is -2.35. The molecule has 2 aliphatic heterocycles. The molecule has 2 saturated heterocycles. The highest BCUT2D eigenvalue weighted by Gasteiger charge is 2.39. The van der Waals surface area contributed by atoms with Crippen LogP contribution in [-0.4, -0.2) is 48.7 Å². The summed E-state index contributed by atoms with van der Waals surface area (Å²) < 4.78 is 10.1. The second-order valence-electron chi connectivity index (χ2n) is 5.12. The normalized spacial score (nSPS) is 31.1. The van der Waals surface area contributed by atoms with Gasteiger partial charge in [-0.2, -0.15) is 0 Å². The summed E-state index contributed by atoms with van der Waals surface area (Å²) in [4.78, 5) is 25.1. The van der Waals surface area contributed by atoms with Crippen LogP contribution in [0.15, 0.2) is 0 Å². The van der Waals surface area contributed by atoms with E-state index < -0.39 is 11.9 Å². The predicted octanol–water partition coefficient (Wildman–Crippen LogP) is 1.11. The molecule has 0 spiro atoms. The van der Waals surface area contributed by atoms with Crippen LogP contribution in [0.25, 0.3) is 0 Å². The van der Waals surface area contributed by atoms with Gasteiger partial charge in [0.05, 0.1) is 6.61 Å². The van der Waals surface area contributed by atoms with Gasteiger partial charge in [-0.15, -0.1) is 0 Å². The van der Waals surface area contributed by atoms with Gasteiger partial charge in [-0.25, -0.2) is 0 Å². The van der Waals surface area contributed by atoms with Crippen LogP contribution in [0.5, 0.6) is 0 Å². The van der Waals surface area contributed by atoms with Gasteiger partial charge >= 0.3 is 11.9 Å². The highest BCUT2D eigenvalue weighted by atomic mass is 16.6. The molecule has 2 fully saturated rings. The lowest BCUT2D eigenvalue weighted by atomic mass is 10.0. The van der Waals surface area contributed by atoms with Gasteiger partial charge < -0.3 is 14.4 Å². The Morgan fingerprint density at radius 3 is 2.33 bits per heavy atom. The second kappa shape index (κ2) is 5.69. The second-order valence-corrected chi connectivity index (χ2v) is 5.12. The molecule has 0 N–H and O–H groups in total. The van der Waals surface area contributed by atoms with E-state index in [0.29, 0.717) is 18.7 Å². The molecule has 2 rings (SSSR count). The van der Waals surface area contributed by atoms with Crippen molar-refractivity contribution in [3.05, 3.63) is 0 Å². The van der Waals surface area contributed by atoms with Crippen LogP contribution in [0.1, 0.15) is 39.0 Å². The third-order valence-electron chi connectivity index (χ3n) is 3.95. The van der Waals surface area contributed by atoms with Crippen LogP contribution >= 0.6 is 0 Å². The number of piperidine rings is 1. The van der Waals surface area contributed by atoms with Crippen molar-refractivity contribution in [1.82, 2.24) is 4.90 Å². The van der Waals surface area contributed by atoms with E-state index in [-0.39, 0.29) is 12.5 Å². The summed E-state index contributed by atoms with van der Waals surface area (Å²) in [6, 6.07) is 1.06. The van der Waals surface area contributed by atoms with Gasteiger partial charge in [0, 0.05) is 12.1 Å². The first-order valence-electron chi connectivity index (χ1n) is 6.67. The molecule has 0 aromatic heterocycles. The lowest BCUT2D eigenvalue weighted by molar-refractivity contribution is -0.159. The Morgan fingerprint density at radius 2 is 1.78 bits per heavy atom. The Labute approximate surface area is 107 Å². The van der Waals surface area contributed by atoms with Gasteiger partial charge in [0.1, 0.15) is 12.5 Å². The van der Waals surface area contributed by atoms with Gasteiger partial charge in [0.2, 0.25) is 0 Å². The van der Waals surface area contributed by atoms with E-state index in [1.54, 1.807) is 6.92 Å². The average molecular weight is 255 g/mol. The molecule has 5 nitrogen and oxygen atoms in total. The number of carbonyl (C=O) groups is 2. The molecule has 2 unspecified atom stereocenters. The summed E-state index contributed by atoms with van der Waals surface area (Å²) in [7, 11) is 2.14. The Balaban J connectivity index is 1.77. The minimum absolute atomic E-state index is 0.0272. The van der Waals surface area contributed by atoms with Gasteiger partial charge in [-0.05, 0) is 39.7 Å². The summed E-state index contributed by atoms with van der Waals surface area (Å²) in [5, 5.41) is 0. The minimum Gasteiger partial charge on any atom is -0.466 e. The zero-order valence-corrected chi connectivity index (χ0v) is 11.1. The summed E-state index contributed by atoms with van der Waals surface area (Å²) in [5.41, 5.74) is 0. The van der Waals surface area contributed by atoms with Crippen LogP contribution in [0.2, 0.25) is 0 Å². The first kappa shape index (κ1) is 13.3. The van der Waals surface area contributed by atoms with Crippen LogP contribution in [0.3, 0.4) is 0 Å². The van der Waals surface area contributed by atoms with Crippen molar-refractivity contribution < 1.29 is 19.1 Å². The Kier molecular flexibility index (Phi) is 4.22. The zero-order valence-electron chi connectivity index (χ0n) is 11.1. The molecule has 5 heteroatoms. The Bertz CT molecular complexity index is 317. The monoisotopic (exact) mass is 255 g/mol. The first-order valence-corrected chi connectivity index (χ1v) is 6.67. The van der Waals surface area contributed by atoms with Gasteiger partial charge in [-0.3, -0.25) is 9.59 Å². The van der Waals surface area contributed by atoms with Crippen molar-refractivity contribution in [3.63, 3.8) is 0 Å². The van der Waals surface area contributed by atoms with E-state index in [9.17, 15) is 9.59 Å². The number of ether oxygens (including phenoxy) is 2. The first-order chi connectivity index (χ1) is 8.60. The number of rotatable bonds is 4. The molecule has 0 aromatic rings. The number of hydrogen-bond acceptors (Lipinski definition) is 5. The maximum Gasteiger partial charge on any atom is 0.317 e. The molecule has 18 heavy (non-hydrogen) atoms. The Hall–Kier alpha value is -1.10. The largest absolute Gasteiger partial charge is 0.466 e. The van der Waals surface area contributed by atoms with Crippen molar-refractivity contribution in [2.24, 2.45) is 0 Å². The summed E-state index contributed by atoms with van der Waals surface area (Å²) >= 11 is 0. The van der Waals surface area contributed by atoms with Crippen molar-refractivity contribution in [2.75, 3.05) is 13.7 Å². The molecule has 0 saturated carbocycles. The van der Waals surface area contributed by atoms with Crippen LogP contribution in [-0.2, 0) is 19.1 Å². The number of nitrogens with zero attached hydrogens (tertiary/aromatic N) is 1. The number of carbonyl (C=O) groups excluding carboxylic acids is 2. The van der Waals surface area contributed by atoms with Crippen LogP contribution < -0.4 is 0 Å². The fraction of sp³-hybridized carbons (Fsp3) is 0.846. The lowest BCUT2D eigenvalue weighted by Crippen LogP contribution is -2.43. The van der Waals surface area contributed by atoms with E-state index in [1.165, 1.54) is 12.8 Å². The van der Waals surface area contributed by atoms with E-state index in [2.05, 4.69) is 11.9 Å². The standard InChI is InChI=1S/C13H21NO4/c1-3-17-12(15)8-13(16)18-11-6-9-4-5-10(7-11)14(9)2/h9-11H,3-8H2,1-2H3. The molecular weight excluding hydrogens is 234 g/mol. The third-order valence-corrected chi connectivity index (χ3v) is 3.95. The van der Waals surface area contributed by atoms with Crippen molar-refractivity contribution in [2.45, 2.75) is 57.2 Å². The highest BCUT2D eigenvalue weighted by Crippen LogP contribution is 2.35. The molecule has 2 aliphatic rings. The smallest absolute Gasteiger partial charge is 0.317 e. The minimum atomic E-state index is -0.501. The molecule has 2 atom stereocenters. The topological polar surface area (TPSA) is 55.8 Å². The maximum absolute atomic E-state index is 11.6. The predicted molar refractivity (Wildman–Crippen MR) is 64.9 cm³/mol. The van der Waals surface area contributed by atoms with Gasteiger partial charge in [0.15, 0.2) is 0 Å². The molecule has 0 aliphatic carbocycles. The fourth-order valence-corrected chi connectivity index (χ4v) is 3.02. The summed E-state index contributed by atoms with van der Waals surface area (Å²) in [5.74, 6) is -0.958. The third kappa shape index (κ3) is 3.02. The van der Waals surface area contributed by atoms with Gasteiger partial charge in [-0.1, -0.05) is 0 Å². The Morgan fingerprint density at radius 1 is 1.17 bits per heavy atom. The van der Waals surface area contributed by atoms with Crippen LogP contribution in [0, 0.1) is 0 Å². The van der Waals surface area contributed by atoms with E-state index in [1.807, 2.05) is 0 Å². The number of hydrogen-bond donors (Lipinski definition) is 0. The van der Waals surface area contributed by atoms with E-state index in [4.69, 9.17) is 9.47 Å². The SMILES string of the molecule is CCOC(=O)CC(=O)OC1CC2CCC(C1)N2C. The maximum atomic E-state index is 11.6. The molecule has 2 heterocycles. The molecule has 0 amide bonds. The quantitative estimate of drug-likeness (QED) is 0.556. The molecule has 102 valence electrons. The zero-order chi connectivity index (χ0) is 13.1. The van der Waals surface area contributed by atoms with Crippen molar-refractivity contribution in [1.29, 1.82) is 0 Å². The summed E-state index contributed by atoms with van der Waals surface area (Å²) in [6.45, 7) is 2.02. The fourth-order valence-electron chi connectivity index (χ4n) is 3.02. The highest BCUT2D eigenvalue weighted by molar-refractivity contribution is 5.91. The summed E-state index contributed by atoms with van der Waals surface area (Å²) in [6.07, 6.45) is 3.86. The van der Waals surface area contributed by atoms with Crippen molar-refractivity contribution >= 4 is 11.9 Å². The number of fused-ring (bicyclic) bond motifs is 2. The average Bonchev–Trinajstić information content (AvgIpc) is 2.52. The molecule has 0 radical (unpaired) electrons. The molecular formula is C13H21NO4. The number of esters is 2. The van der Waals surface area contributed by atoms with E-state index in [0.717, 1.165) is 12.8 Å². The molecule has 2 bridgehead atoms. The van der Waals surface area contributed by atoms with Crippen LogP contribution in [0.4, 0.5) is 0 Å². The van der Waals surface area contributed by atoms with E-state index >= 15 is 0 Å².